The van der Waals surface area contributed by atoms with Gasteiger partial charge in [-0.25, -0.2) is 0 Å². The van der Waals surface area contributed by atoms with Crippen molar-refractivity contribution in [2.75, 3.05) is 20.4 Å². The van der Waals surface area contributed by atoms with Crippen LogP contribution in [0.25, 0.3) is 0 Å². The first-order valence-corrected chi connectivity index (χ1v) is 7.94. The first kappa shape index (κ1) is 16.2. The molecule has 3 rings (SSSR count). The topological polar surface area (TPSA) is 56.8 Å². The fourth-order valence-electron chi connectivity index (χ4n) is 2.66. The van der Waals surface area contributed by atoms with E-state index in [0.717, 1.165) is 40.4 Å². The molecule has 0 spiro atoms. The third-order valence-corrected chi connectivity index (χ3v) is 4.01. The molecule has 1 heterocycles. The van der Waals surface area contributed by atoms with Gasteiger partial charge in [0.05, 0.1) is 13.5 Å². The molecule has 0 unspecified atom stereocenters. The Morgan fingerprint density at radius 3 is 2.75 bits per heavy atom. The molecule has 0 atom stereocenters. The van der Waals surface area contributed by atoms with E-state index in [9.17, 15) is 4.79 Å². The van der Waals surface area contributed by atoms with Crippen LogP contribution in [0.2, 0.25) is 0 Å². The van der Waals surface area contributed by atoms with Gasteiger partial charge >= 0.3 is 0 Å². The lowest BCUT2D eigenvalue weighted by Gasteiger charge is -2.09. The van der Waals surface area contributed by atoms with E-state index < -0.39 is 0 Å². The zero-order valence-corrected chi connectivity index (χ0v) is 13.9. The number of carbonyl (C=O) groups excluding carboxylic acids is 1. The molecular weight excluding hydrogens is 306 g/mol. The number of ether oxygens (including phenoxy) is 3. The standard InChI is InChI=1S/C19H21NO4/c1-13-3-4-15(10-17(13)22-2)11-19(21)20-8-7-14-5-6-16-18(9-14)24-12-23-16/h3-6,9-10H,7-8,11-12H2,1-2H3,(H,20,21). The Labute approximate surface area is 141 Å². The van der Waals surface area contributed by atoms with Gasteiger partial charge in [-0.15, -0.1) is 0 Å². The number of amides is 1. The van der Waals surface area contributed by atoms with Crippen LogP contribution in [-0.2, 0) is 17.6 Å². The zero-order valence-electron chi connectivity index (χ0n) is 13.9. The van der Waals surface area contributed by atoms with Gasteiger partial charge in [-0.2, -0.15) is 0 Å². The molecule has 126 valence electrons. The molecule has 0 saturated carbocycles. The van der Waals surface area contributed by atoms with Crippen molar-refractivity contribution in [1.82, 2.24) is 5.32 Å². The summed E-state index contributed by atoms with van der Waals surface area (Å²) >= 11 is 0. The summed E-state index contributed by atoms with van der Waals surface area (Å²) < 4.78 is 15.9. The Morgan fingerprint density at radius 2 is 1.92 bits per heavy atom. The largest absolute Gasteiger partial charge is 0.496 e. The quantitative estimate of drug-likeness (QED) is 0.886. The van der Waals surface area contributed by atoms with Gasteiger partial charge in [-0.3, -0.25) is 4.79 Å². The van der Waals surface area contributed by atoms with Crippen molar-refractivity contribution in [1.29, 1.82) is 0 Å². The van der Waals surface area contributed by atoms with Crippen LogP contribution in [0.4, 0.5) is 0 Å². The Balaban J connectivity index is 1.49. The average molecular weight is 327 g/mol. The van der Waals surface area contributed by atoms with Crippen molar-refractivity contribution < 1.29 is 19.0 Å². The number of fused-ring (bicyclic) bond motifs is 1. The van der Waals surface area contributed by atoms with E-state index in [-0.39, 0.29) is 12.7 Å². The highest BCUT2D eigenvalue weighted by atomic mass is 16.7. The van der Waals surface area contributed by atoms with Crippen LogP contribution in [0.3, 0.4) is 0 Å². The molecule has 2 aromatic carbocycles. The first-order valence-electron chi connectivity index (χ1n) is 7.94. The maximum absolute atomic E-state index is 12.1. The van der Waals surface area contributed by atoms with Crippen molar-refractivity contribution in [3.05, 3.63) is 53.1 Å². The van der Waals surface area contributed by atoms with E-state index >= 15 is 0 Å². The lowest BCUT2D eigenvalue weighted by molar-refractivity contribution is -0.120. The van der Waals surface area contributed by atoms with Crippen molar-refractivity contribution in [2.24, 2.45) is 0 Å². The van der Waals surface area contributed by atoms with Gasteiger partial charge in [0, 0.05) is 6.54 Å². The first-order chi connectivity index (χ1) is 11.7. The highest BCUT2D eigenvalue weighted by Crippen LogP contribution is 2.32. The molecule has 0 bridgehead atoms. The molecular formula is C19H21NO4. The summed E-state index contributed by atoms with van der Waals surface area (Å²) in [5.74, 6) is 2.35. The normalized spacial score (nSPS) is 12.1. The van der Waals surface area contributed by atoms with Crippen LogP contribution in [-0.4, -0.2) is 26.4 Å². The number of hydrogen-bond donors (Lipinski definition) is 1. The summed E-state index contributed by atoms with van der Waals surface area (Å²) in [7, 11) is 1.64. The number of aryl methyl sites for hydroxylation is 1. The molecule has 2 aromatic rings. The minimum atomic E-state index is 0.00153. The van der Waals surface area contributed by atoms with Gasteiger partial charge in [0.1, 0.15) is 5.75 Å². The minimum absolute atomic E-state index is 0.00153. The second-order valence-corrected chi connectivity index (χ2v) is 5.77. The van der Waals surface area contributed by atoms with E-state index in [4.69, 9.17) is 14.2 Å². The number of rotatable bonds is 6. The fraction of sp³-hybridized carbons (Fsp3) is 0.316. The Bertz CT molecular complexity index is 742. The molecule has 1 amide bonds. The van der Waals surface area contributed by atoms with Crippen molar-refractivity contribution in [3.63, 3.8) is 0 Å². The highest BCUT2D eigenvalue weighted by molar-refractivity contribution is 5.78. The molecule has 1 aliphatic heterocycles. The lowest BCUT2D eigenvalue weighted by atomic mass is 10.1. The van der Waals surface area contributed by atoms with Crippen LogP contribution in [0.1, 0.15) is 16.7 Å². The molecule has 0 aromatic heterocycles. The Morgan fingerprint density at radius 1 is 1.12 bits per heavy atom. The van der Waals surface area contributed by atoms with E-state index in [0.29, 0.717) is 13.0 Å². The molecule has 0 radical (unpaired) electrons. The molecule has 1 aliphatic rings. The minimum Gasteiger partial charge on any atom is -0.496 e. The number of hydrogen-bond acceptors (Lipinski definition) is 4. The van der Waals surface area contributed by atoms with E-state index in [1.54, 1.807) is 7.11 Å². The maximum Gasteiger partial charge on any atom is 0.231 e. The van der Waals surface area contributed by atoms with Crippen LogP contribution in [0.5, 0.6) is 17.2 Å². The predicted octanol–water partition coefficient (Wildman–Crippen LogP) is 2.63. The van der Waals surface area contributed by atoms with Crippen molar-refractivity contribution in [3.8, 4) is 17.2 Å². The predicted molar refractivity (Wildman–Crippen MR) is 90.7 cm³/mol. The van der Waals surface area contributed by atoms with Crippen molar-refractivity contribution in [2.45, 2.75) is 19.8 Å². The zero-order chi connectivity index (χ0) is 16.9. The molecule has 5 heteroatoms. The monoisotopic (exact) mass is 327 g/mol. The van der Waals surface area contributed by atoms with Crippen LogP contribution >= 0.6 is 0 Å². The smallest absolute Gasteiger partial charge is 0.231 e. The van der Waals surface area contributed by atoms with E-state index in [2.05, 4.69) is 5.32 Å². The van der Waals surface area contributed by atoms with Gasteiger partial charge in [0.2, 0.25) is 12.7 Å². The molecule has 0 saturated heterocycles. The fourth-order valence-corrected chi connectivity index (χ4v) is 2.66. The summed E-state index contributed by atoms with van der Waals surface area (Å²) in [6.45, 7) is 2.84. The van der Waals surface area contributed by atoms with Gasteiger partial charge < -0.3 is 19.5 Å². The van der Waals surface area contributed by atoms with E-state index in [1.807, 2.05) is 43.3 Å². The molecule has 0 fully saturated rings. The second-order valence-electron chi connectivity index (χ2n) is 5.77. The highest BCUT2D eigenvalue weighted by Gasteiger charge is 2.13. The molecule has 1 N–H and O–H groups in total. The summed E-state index contributed by atoms with van der Waals surface area (Å²) in [5, 5.41) is 2.95. The number of benzene rings is 2. The van der Waals surface area contributed by atoms with E-state index in [1.165, 1.54) is 0 Å². The Hall–Kier alpha value is -2.69. The average Bonchev–Trinajstić information content (AvgIpc) is 3.04. The second kappa shape index (κ2) is 7.25. The number of nitrogens with one attached hydrogen (secondary N) is 1. The van der Waals surface area contributed by atoms with Gasteiger partial charge in [-0.05, 0) is 48.2 Å². The third kappa shape index (κ3) is 3.79. The molecule has 5 nitrogen and oxygen atoms in total. The van der Waals surface area contributed by atoms with Crippen LogP contribution < -0.4 is 19.5 Å². The van der Waals surface area contributed by atoms with Gasteiger partial charge in [0.15, 0.2) is 11.5 Å². The SMILES string of the molecule is COc1cc(CC(=O)NCCc2ccc3c(c2)OCO3)ccc1C. The number of carbonyl (C=O) groups is 1. The number of methoxy groups -OCH3 is 1. The Kier molecular flexibility index (Phi) is 4.89. The van der Waals surface area contributed by atoms with Crippen molar-refractivity contribution >= 4 is 5.91 Å². The van der Waals surface area contributed by atoms with Crippen LogP contribution in [0.15, 0.2) is 36.4 Å². The lowest BCUT2D eigenvalue weighted by Crippen LogP contribution is -2.27. The molecule has 0 aliphatic carbocycles. The van der Waals surface area contributed by atoms with Crippen LogP contribution in [0, 0.1) is 6.92 Å². The summed E-state index contributed by atoms with van der Waals surface area (Å²) in [4.78, 5) is 12.1. The third-order valence-electron chi connectivity index (χ3n) is 4.01. The maximum atomic E-state index is 12.1. The summed E-state index contributed by atoms with van der Waals surface area (Å²) in [6, 6.07) is 11.7. The summed E-state index contributed by atoms with van der Waals surface area (Å²) in [5.41, 5.74) is 3.11. The van der Waals surface area contributed by atoms with Gasteiger partial charge in [-0.1, -0.05) is 18.2 Å². The van der Waals surface area contributed by atoms with Gasteiger partial charge in [0.25, 0.3) is 0 Å². The summed E-state index contributed by atoms with van der Waals surface area (Å²) in [6.07, 6.45) is 1.09. The molecule has 24 heavy (non-hydrogen) atoms.